The number of hydrogen-bond acceptors (Lipinski definition) is 5. The second-order valence-electron chi connectivity index (χ2n) is 3.75. The monoisotopic (exact) mass is 246 g/mol. The first kappa shape index (κ1) is 11.5. The van der Waals surface area contributed by atoms with Gasteiger partial charge in [-0.3, -0.25) is 5.10 Å². The molecule has 16 heavy (non-hydrogen) atoms. The van der Waals surface area contributed by atoms with Crippen LogP contribution in [0, 0.1) is 0 Å². The SMILES string of the molecule is CN(C1CNCC1O)S(=O)(=O)c1cn[nH]c1. The smallest absolute Gasteiger partial charge is 0.246 e. The highest BCUT2D eigenvalue weighted by molar-refractivity contribution is 7.89. The number of rotatable bonds is 3. The molecular weight excluding hydrogens is 232 g/mol. The molecule has 3 N–H and O–H groups in total. The summed E-state index contributed by atoms with van der Waals surface area (Å²) in [5.41, 5.74) is 0. The molecule has 8 heteroatoms. The minimum Gasteiger partial charge on any atom is -0.390 e. The molecule has 2 atom stereocenters. The van der Waals surface area contributed by atoms with Crippen LogP contribution in [-0.2, 0) is 10.0 Å². The molecule has 1 aliphatic heterocycles. The Kier molecular flexibility index (Phi) is 2.98. The third kappa shape index (κ3) is 1.84. The van der Waals surface area contributed by atoms with E-state index in [4.69, 9.17) is 0 Å². The maximum atomic E-state index is 12.1. The van der Waals surface area contributed by atoms with Gasteiger partial charge in [-0.1, -0.05) is 0 Å². The second kappa shape index (κ2) is 4.13. The third-order valence-corrected chi connectivity index (χ3v) is 4.62. The van der Waals surface area contributed by atoms with Crippen molar-refractivity contribution in [3.63, 3.8) is 0 Å². The molecule has 0 amide bonds. The number of sulfonamides is 1. The van der Waals surface area contributed by atoms with Crippen molar-refractivity contribution in [1.82, 2.24) is 19.8 Å². The van der Waals surface area contributed by atoms with Gasteiger partial charge in [0.05, 0.1) is 18.3 Å². The number of H-pyrrole nitrogens is 1. The lowest BCUT2D eigenvalue weighted by atomic mass is 10.2. The number of likely N-dealkylation sites (N-methyl/N-ethyl adjacent to an activating group) is 1. The van der Waals surface area contributed by atoms with Crippen LogP contribution in [0.5, 0.6) is 0 Å². The summed E-state index contributed by atoms with van der Waals surface area (Å²) < 4.78 is 25.3. The van der Waals surface area contributed by atoms with Crippen molar-refractivity contribution in [1.29, 1.82) is 0 Å². The van der Waals surface area contributed by atoms with Crippen LogP contribution in [0.3, 0.4) is 0 Å². The van der Waals surface area contributed by atoms with Crippen molar-refractivity contribution in [2.45, 2.75) is 17.0 Å². The molecule has 1 aromatic rings. The summed E-state index contributed by atoms with van der Waals surface area (Å²) in [7, 11) is -2.11. The molecule has 0 saturated carbocycles. The number of aliphatic hydroxyl groups is 1. The van der Waals surface area contributed by atoms with Gasteiger partial charge in [-0.25, -0.2) is 8.42 Å². The van der Waals surface area contributed by atoms with Crippen LogP contribution in [0.2, 0.25) is 0 Å². The van der Waals surface area contributed by atoms with E-state index in [0.717, 1.165) is 0 Å². The minimum atomic E-state index is -3.57. The largest absolute Gasteiger partial charge is 0.390 e. The first-order valence-electron chi connectivity index (χ1n) is 4.89. The van der Waals surface area contributed by atoms with E-state index in [1.165, 1.54) is 23.7 Å². The number of aromatic amines is 1. The zero-order valence-electron chi connectivity index (χ0n) is 8.79. The van der Waals surface area contributed by atoms with Gasteiger partial charge in [0.25, 0.3) is 0 Å². The summed E-state index contributed by atoms with van der Waals surface area (Å²) in [5, 5.41) is 18.6. The molecule has 0 bridgehead atoms. The maximum Gasteiger partial charge on any atom is 0.246 e. The summed E-state index contributed by atoms with van der Waals surface area (Å²) in [4.78, 5) is 0.106. The van der Waals surface area contributed by atoms with E-state index >= 15 is 0 Å². The molecule has 2 heterocycles. The summed E-state index contributed by atoms with van der Waals surface area (Å²) in [6, 6.07) is -0.431. The zero-order chi connectivity index (χ0) is 11.8. The molecule has 1 saturated heterocycles. The molecule has 1 aliphatic rings. The lowest BCUT2D eigenvalue weighted by Crippen LogP contribution is -2.44. The van der Waals surface area contributed by atoms with Crippen LogP contribution in [0.25, 0.3) is 0 Å². The number of nitrogens with one attached hydrogen (secondary N) is 2. The Balaban J connectivity index is 2.24. The van der Waals surface area contributed by atoms with Gasteiger partial charge in [0.15, 0.2) is 0 Å². The highest BCUT2D eigenvalue weighted by atomic mass is 32.2. The van der Waals surface area contributed by atoms with Gasteiger partial charge in [0.2, 0.25) is 10.0 Å². The quantitative estimate of drug-likeness (QED) is 0.594. The topological polar surface area (TPSA) is 98.3 Å². The molecule has 0 aromatic carbocycles. The summed E-state index contributed by atoms with van der Waals surface area (Å²) in [6.07, 6.45) is 1.90. The van der Waals surface area contributed by atoms with Gasteiger partial charge in [-0.15, -0.1) is 0 Å². The third-order valence-electron chi connectivity index (χ3n) is 2.77. The number of β-amino-alcohol motifs (C(OH)–C–C–N with tert-alkyl or cyclic N) is 1. The molecule has 7 nitrogen and oxygen atoms in total. The second-order valence-corrected chi connectivity index (χ2v) is 5.75. The standard InChI is InChI=1S/C8H14N4O3S/c1-12(7-4-9-5-8(7)13)16(14,15)6-2-10-11-3-6/h2-3,7-9,13H,4-5H2,1H3,(H,10,11). The van der Waals surface area contributed by atoms with E-state index in [1.807, 2.05) is 0 Å². The summed E-state index contributed by atoms with van der Waals surface area (Å²) in [6.45, 7) is 0.866. The molecule has 0 radical (unpaired) electrons. The molecule has 2 unspecified atom stereocenters. The van der Waals surface area contributed by atoms with Gasteiger partial charge in [0.1, 0.15) is 4.90 Å². The molecule has 2 rings (SSSR count). The van der Waals surface area contributed by atoms with Gasteiger partial charge in [-0.2, -0.15) is 9.40 Å². The minimum absolute atomic E-state index is 0.106. The Morgan fingerprint density at radius 2 is 2.31 bits per heavy atom. The van der Waals surface area contributed by atoms with E-state index < -0.39 is 22.2 Å². The fourth-order valence-electron chi connectivity index (χ4n) is 1.75. The normalized spacial score (nSPS) is 26.4. The number of aromatic nitrogens is 2. The zero-order valence-corrected chi connectivity index (χ0v) is 9.61. The molecule has 1 fully saturated rings. The lowest BCUT2D eigenvalue weighted by Gasteiger charge is -2.24. The van der Waals surface area contributed by atoms with Crippen molar-refractivity contribution in [3.8, 4) is 0 Å². The van der Waals surface area contributed by atoms with Crippen LogP contribution in [0.1, 0.15) is 0 Å². The fourth-order valence-corrected chi connectivity index (χ4v) is 3.04. The first-order chi connectivity index (χ1) is 7.53. The molecular formula is C8H14N4O3S. The summed E-state index contributed by atoms with van der Waals surface area (Å²) >= 11 is 0. The van der Waals surface area contributed by atoms with Crippen molar-refractivity contribution in [3.05, 3.63) is 12.4 Å². The number of aliphatic hydroxyl groups excluding tert-OH is 1. The fraction of sp³-hybridized carbons (Fsp3) is 0.625. The average Bonchev–Trinajstić information content (AvgIpc) is 2.86. The first-order valence-corrected chi connectivity index (χ1v) is 6.33. The van der Waals surface area contributed by atoms with E-state index in [0.29, 0.717) is 13.1 Å². The Hall–Kier alpha value is -0.960. The maximum absolute atomic E-state index is 12.1. The number of hydrogen-bond donors (Lipinski definition) is 3. The average molecular weight is 246 g/mol. The molecule has 0 aliphatic carbocycles. The Labute approximate surface area is 93.5 Å². The van der Waals surface area contributed by atoms with Gasteiger partial charge >= 0.3 is 0 Å². The van der Waals surface area contributed by atoms with Gasteiger partial charge < -0.3 is 10.4 Å². The highest BCUT2D eigenvalue weighted by Gasteiger charge is 2.35. The van der Waals surface area contributed by atoms with Crippen LogP contribution in [-0.4, -0.2) is 60.3 Å². The molecule has 1 aromatic heterocycles. The Morgan fingerprint density at radius 1 is 1.56 bits per heavy atom. The van der Waals surface area contributed by atoms with Crippen LogP contribution in [0.4, 0.5) is 0 Å². The van der Waals surface area contributed by atoms with Crippen molar-refractivity contribution < 1.29 is 13.5 Å². The van der Waals surface area contributed by atoms with E-state index in [2.05, 4.69) is 15.5 Å². The van der Waals surface area contributed by atoms with Crippen LogP contribution >= 0.6 is 0 Å². The van der Waals surface area contributed by atoms with Gasteiger partial charge in [0, 0.05) is 26.3 Å². The van der Waals surface area contributed by atoms with E-state index in [-0.39, 0.29) is 4.90 Å². The van der Waals surface area contributed by atoms with Crippen LogP contribution < -0.4 is 5.32 Å². The molecule has 0 spiro atoms. The molecule has 90 valence electrons. The van der Waals surface area contributed by atoms with Crippen molar-refractivity contribution in [2.75, 3.05) is 20.1 Å². The lowest BCUT2D eigenvalue weighted by molar-refractivity contribution is 0.136. The predicted molar refractivity (Wildman–Crippen MR) is 56.2 cm³/mol. The predicted octanol–water partition coefficient (Wildman–Crippen LogP) is -1.64. The van der Waals surface area contributed by atoms with E-state index in [1.54, 1.807) is 0 Å². The van der Waals surface area contributed by atoms with Crippen LogP contribution in [0.15, 0.2) is 17.3 Å². The highest BCUT2D eigenvalue weighted by Crippen LogP contribution is 2.18. The van der Waals surface area contributed by atoms with E-state index in [9.17, 15) is 13.5 Å². The summed E-state index contributed by atoms with van der Waals surface area (Å²) in [5.74, 6) is 0. The van der Waals surface area contributed by atoms with Gasteiger partial charge in [-0.05, 0) is 0 Å². The van der Waals surface area contributed by atoms with Crippen molar-refractivity contribution >= 4 is 10.0 Å². The Morgan fingerprint density at radius 3 is 2.81 bits per heavy atom. The van der Waals surface area contributed by atoms with Crippen molar-refractivity contribution in [2.24, 2.45) is 0 Å². The Bertz CT molecular complexity index is 444. The number of nitrogens with zero attached hydrogens (tertiary/aromatic N) is 2.